The molecule has 4 nitrogen and oxygen atoms in total. The Labute approximate surface area is 152 Å². The molecule has 1 aliphatic rings. The normalized spacial score (nSPS) is 15.3. The molecule has 1 aliphatic heterocycles. The van der Waals surface area contributed by atoms with Crippen LogP contribution >= 0.6 is 11.6 Å². The van der Waals surface area contributed by atoms with Crippen LogP contribution in [-0.4, -0.2) is 33.4 Å². The van der Waals surface area contributed by atoms with E-state index in [-0.39, 0.29) is 5.91 Å². The highest BCUT2D eigenvalue weighted by atomic mass is 35.5. The third kappa shape index (κ3) is 3.27. The number of likely N-dealkylation sites (tertiary alicyclic amines) is 1. The van der Waals surface area contributed by atoms with Crippen LogP contribution in [0, 0.1) is 0 Å². The minimum atomic E-state index is 0.112. The zero-order chi connectivity index (χ0) is 17.2. The van der Waals surface area contributed by atoms with Crippen molar-refractivity contribution < 1.29 is 4.79 Å². The Balaban J connectivity index is 1.66. The number of hydrogen-bond donors (Lipinski definition) is 0. The van der Waals surface area contributed by atoms with Gasteiger partial charge >= 0.3 is 0 Å². The first kappa shape index (κ1) is 16.2. The number of carbonyl (C=O) groups is 1. The van der Waals surface area contributed by atoms with E-state index in [9.17, 15) is 4.79 Å². The first-order chi connectivity index (χ1) is 12.2. The third-order valence-electron chi connectivity index (χ3n) is 4.77. The van der Waals surface area contributed by atoms with Crippen LogP contribution in [-0.2, 0) is 0 Å². The quantitative estimate of drug-likeness (QED) is 0.670. The van der Waals surface area contributed by atoms with E-state index in [0.717, 1.165) is 42.7 Å². The van der Waals surface area contributed by atoms with Crippen molar-refractivity contribution in [2.24, 2.45) is 0 Å². The van der Waals surface area contributed by atoms with Crippen molar-refractivity contribution >= 4 is 28.5 Å². The van der Waals surface area contributed by atoms with Crippen molar-refractivity contribution in [2.75, 3.05) is 13.1 Å². The summed E-state index contributed by atoms with van der Waals surface area (Å²) in [6, 6.07) is 13.4. The molecule has 0 unspecified atom stereocenters. The zero-order valence-corrected chi connectivity index (χ0v) is 14.7. The highest BCUT2D eigenvalue weighted by Crippen LogP contribution is 2.22. The lowest BCUT2D eigenvalue weighted by Crippen LogP contribution is -2.31. The molecule has 1 aromatic heterocycles. The second kappa shape index (κ2) is 6.89. The summed E-state index contributed by atoms with van der Waals surface area (Å²) in [5.41, 5.74) is 3.46. The van der Waals surface area contributed by atoms with Crippen molar-refractivity contribution in [1.29, 1.82) is 0 Å². The van der Waals surface area contributed by atoms with E-state index in [1.165, 1.54) is 12.8 Å². The Bertz CT molecular complexity index is 910. The summed E-state index contributed by atoms with van der Waals surface area (Å²) in [6.45, 7) is 1.71. The maximum absolute atomic E-state index is 12.8. The Morgan fingerprint density at radius 3 is 2.56 bits per heavy atom. The molecule has 0 aliphatic carbocycles. The van der Waals surface area contributed by atoms with Gasteiger partial charge in [0.1, 0.15) is 6.33 Å². The molecule has 4 rings (SSSR count). The van der Waals surface area contributed by atoms with Crippen molar-refractivity contribution in [1.82, 2.24) is 14.5 Å². The van der Waals surface area contributed by atoms with E-state index >= 15 is 0 Å². The first-order valence-electron chi connectivity index (χ1n) is 8.75. The standard InChI is InChI=1S/C20H20ClN3O/c21-16-6-5-7-17(13-16)24-14-22-18-12-15(8-9-19(18)24)20(25)23-10-3-1-2-4-11-23/h5-9,12-14H,1-4,10-11H2. The second-order valence-corrected chi connectivity index (χ2v) is 6.94. The molecule has 0 N–H and O–H groups in total. The summed E-state index contributed by atoms with van der Waals surface area (Å²) in [4.78, 5) is 19.2. The fourth-order valence-electron chi connectivity index (χ4n) is 3.43. The lowest BCUT2D eigenvalue weighted by Gasteiger charge is -2.20. The first-order valence-corrected chi connectivity index (χ1v) is 9.12. The number of carbonyl (C=O) groups excluding carboxylic acids is 1. The maximum Gasteiger partial charge on any atom is 0.253 e. The fraction of sp³-hybridized carbons (Fsp3) is 0.300. The van der Waals surface area contributed by atoms with Gasteiger partial charge in [0.15, 0.2) is 0 Å². The van der Waals surface area contributed by atoms with Crippen LogP contribution in [0.5, 0.6) is 0 Å². The molecular formula is C20H20ClN3O. The highest BCUT2D eigenvalue weighted by molar-refractivity contribution is 6.30. The molecule has 128 valence electrons. The van der Waals surface area contributed by atoms with Gasteiger partial charge in [-0.2, -0.15) is 0 Å². The molecule has 0 atom stereocenters. The van der Waals surface area contributed by atoms with Gasteiger partial charge in [-0.05, 0) is 49.2 Å². The van der Waals surface area contributed by atoms with Crippen molar-refractivity contribution in [2.45, 2.75) is 25.7 Å². The number of nitrogens with zero attached hydrogens (tertiary/aromatic N) is 3. The fourth-order valence-corrected chi connectivity index (χ4v) is 3.62. The van der Waals surface area contributed by atoms with E-state index in [1.807, 2.05) is 51.9 Å². The number of aromatic nitrogens is 2. The molecule has 5 heteroatoms. The highest BCUT2D eigenvalue weighted by Gasteiger charge is 2.18. The number of benzene rings is 2. The minimum absolute atomic E-state index is 0.112. The SMILES string of the molecule is O=C(c1ccc2c(c1)ncn2-c1cccc(Cl)c1)N1CCCCCC1. The molecule has 25 heavy (non-hydrogen) atoms. The third-order valence-corrected chi connectivity index (χ3v) is 5.01. The topological polar surface area (TPSA) is 38.1 Å². The van der Waals surface area contributed by atoms with Gasteiger partial charge in [-0.3, -0.25) is 9.36 Å². The average molecular weight is 354 g/mol. The molecule has 0 saturated carbocycles. The molecular weight excluding hydrogens is 334 g/mol. The van der Waals surface area contributed by atoms with Gasteiger partial charge in [-0.1, -0.05) is 30.5 Å². The van der Waals surface area contributed by atoms with Gasteiger partial charge in [0.2, 0.25) is 0 Å². The average Bonchev–Trinajstić information content (AvgIpc) is 2.85. The Morgan fingerprint density at radius 1 is 1.00 bits per heavy atom. The van der Waals surface area contributed by atoms with E-state index in [2.05, 4.69) is 4.98 Å². The number of rotatable bonds is 2. The number of imidazole rings is 1. The van der Waals surface area contributed by atoms with Crippen LogP contribution in [0.1, 0.15) is 36.0 Å². The maximum atomic E-state index is 12.8. The van der Waals surface area contributed by atoms with Crippen LogP contribution in [0.3, 0.4) is 0 Å². The van der Waals surface area contributed by atoms with E-state index < -0.39 is 0 Å². The summed E-state index contributed by atoms with van der Waals surface area (Å²) < 4.78 is 1.99. The van der Waals surface area contributed by atoms with Crippen LogP contribution < -0.4 is 0 Å². The molecule has 3 aromatic rings. The van der Waals surface area contributed by atoms with Gasteiger partial charge in [0.05, 0.1) is 11.0 Å². The van der Waals surface area contributed by atoms with E-state index in [4.69, 9.17) is 11.6 Å². The molecule has 0 radical (unpaired) electrons. The molecule has 1 fully saturated rings. The molecule has 0 spiro atoms. The van der Waals surface area contributed by atoms with E-state index in [0.29, 0.717) is 10.6 Å². The van der Waals surface area contributed by atoms with Crippen LogP contribution in [0.2, 0.25) is 5.02 Å². The Hall–Kier alpha value is -2.33. The summed E-state index contributed by atoms with van der Waals surface area (Å²) in [5, 5.41) is 0.687. The van der Waals surface area contributed by atoms with Gasteiger partial charge in [-0.25, -0.2) is 4.98 Å². The zero-order valence-electron chi connectivity index (χ0n) is 14.0. The van der Waals surface area contributed by atoms with Gasteiger partial charge in [-0.15, -0.1) is 0 Å². The van der Waals surface area contributed by atoms with Crippen LogP contribution in [0.25, 0.3) is 16.7 Å². The summed E-state index contributed by atoms with van der Waals surface area (Å²) in [7, 11) is 0. The largest absolute Gasteiger partial charge is 0.339 e. The summed E-state index contributed by atoms with van der Waals surface area (Å²) in [5.74, 6) is 0.112. The smallest absolute Gasteiger partial charge is 0.253 e. The Morgan fingerprint density at radius 2 is 1.80 bits per heavy atom. The number of hydrogen-bond acceptors (Lipinski definition) is 2. The molecule has 2 heterocycles. The second-order valence-electron chi connectivity index (χ2n) is 6.50. The van der Waals surface area contributed by atoms with Crippen molar-refractivity contribution in [3.63, 3.8) is 0 Å². The molecule has 2 aromatic carbocycles. The lowest BCUT2D eigenvalue weighted by atomic mass is 10.1. The van der Waals surface area contributed by atoms with Gasteiger partial charge in [0, 0.05) is 29.4 Å². The molecule has 1 saturated heterocycles. The predicted molar refractivity (Wildman–Crippen MR) is 100 cm³/mol. The van der Waals surface area contributed by atoms with Gasteiger partial charge < -0.3 is 4.90 Å². The van der Waals surface area contributed by atoms with E-state index in [1.54, 1.807) is 6.33 Å². The summed E-state index contributed by atoms with van der Waals surface area (Å²) in [6.07, 6.45) is 6.39. The molecule has 1 amide bonds. The number of halogens is 1. The van der Waals surface area contributed by atoms with Crippen LogP contribution in [0.15, 0.2) is 48.8 Å². The lowest BCUT2D eigenvalue weighted by molar-refractivity contribution is 0.0762. The van der Waals surface area contributed by atoms with Crippen molar-refractivity contribution in [3.8, 4) is 5.69 Å². The van der Waals surface area contributed by atoms with Gasteiger partial charge in [0.25, 0.3) is 5.91 Å². The minimum Gasteiger partial charge on any atom is -0.339 e. The number of amides is 1. The summed E-state index contributed by atoms with van der Waals surface area (Å²) >= 11 is 6.10. The van der Waals surface area contributed by atoms with Crippen molar-refractivity contribution in [3.05, 3.63) is 59.4 Å². The Kier molecular flexibility index (Phi) is 4.45. The monoisotopic (exact) mass is 353 g/mol. The predicted octanol–water partition coefficient (Wildman–Crippen LogP) is 4.70. The van der Waals surface area contributed by atoms with Crippen LogP contribution in [0.4, 0.5) is 0 Å². The number of fused-ring (bicyclic) bond motifs is 1. The molecule has 0 bridgehead atoms.